The second-order valence-electron chi connectivity index (χ2n) is 13.2. The maximum absolute atomic E-state index is 14.2. The number of nitrogens with zero attached hydrogens (tertiary/aromatic N) is 2. The normalized spacial score (nSPS) is 28.9. The van der Waals surface area contributed by atoms with Gasteiger partial charge in [-0.05, 0) is 83.3 Å². The number of likely N-dealkylation sites (N-methyl/N-ethyl adjacent to an activating group) is 1. The highest BCUT2D eigenvalue weighted by Gasteiger charge is 2.64. The van der Waals surface area contributed by atoms with Crippen LogP contribution < -0.4 is 10.5 Å². The molecule has 11 heteroatoms. The lowest BCUT2D eigenvalue weighted by atomic mass is 9.57. The summed E-state index contributed by atoms with van der Waals surface area (Å²) >= 11 is 0. The van der Waals surface area contributed by atoms with Gasteiger partial charge in [-0.25, -0.2) is 0 Å². The summed E-state index contributed by atoms with van der Waals surface area (Å²) in [4.78, 5) is 43.6. The number of carbonyl (C=O) groups is 3. The Morgan fingerprint density at radius 2 is 1.84 bits per heavy atom. The number of phenolic OH excluding ortho intramolecular Hbond substituents is 1. The highest BCUT2D eigenvalue weighted by molar-refractivity contribution is 6.24. The fourth-order valence-electron chi connectivity index (χ4n) is 7.81. The van der Waals surface area contributed by atoms with Gasteiger partial charge in [0.1, 0.15) is 28.6 Å². The number of hydrogen-bond acceptors (Lipinski definition) is 10. The monoisotopic (exact) mass is 603 g/mol. The predicted octanol–water partition coefficient (Wildman–Crippen LogP) is 2.25. The van der Waals surface area contributed by atoms with Crippen LogP contribution in [0.15, 0.2) is 35.1 Å². The quantitative estimate of drug-likeness (QED) is 0.308. The van der Waals surface area contributed by atoms with Crippen molar-refractivity contribution < 1.29 is 39.5 Å². The van der Waals surface area contributed by atoms with E-state index in [0.29, 0.717) is 28.6 Å². The average molecular weight is 604 g/mol. The molecule has 2 aromatic carbocycles. The third kappa shape index (κ3) is 3.95. The number of hydrogen-bond donors (Lipinski definition) is 5. The molecule has 1 heterocycles. The minimum absolute atomic E-state index is 0.0124. The third-order valence-corrected chi connectivity index (χ3v) is 10.4. The van der Waals surface area contributed by atoms with E-state index in [0.717, 1.165) is 44.3 Å². The molecule has 0 aromatic heterocycles. The molecule has 0 radical (unpaired) electrons. The van der Waals surface area contributed by atoms with Gasteiger partial charge in [-0.1, -0.05) is 12.1 Å². The molecule has 1 amide bonds. The molecule has 1 saturated heterocycles. The van der Waals surface area contributed by atoms with Crippen LogP contribution >= 0.6 is 0 Å². The summed E-state index contributed by atoms with van der Waals surface area (Å²) in [5, 5.41) is 47.7. The van der Waals surface area contributed by atoms with E-state index < -0.39 is 58.0 Å². The number of rotatable bonds is 6. The van der Waals surface area contributed by atoms with Gasteiger partial charge in [-0.15, -0.1) is 0 Å². The topological polar surface area (TPSA) is 174 Å². The van der Waals surface area contributed by atoms with Crippen LogP contribution in [0.1, 0.15) is 48.8 Å². The van der Waals surface area contributed by atoms with E-state index in [1.54, 1.807) is 14.1 Å². The summed E-state index contributed by atoms with van der Waals surface area (Å²) in [5.41, 5.74) is 3.37. The van der Waals surface area contributed by atoms with Gasteiger partial charge in [0.2, 0.25) is 5.78 Å². The summed E-state index contributed by atoms with van der Waals surface area (Å²) in [6.45, 7) is 2.72. The Kier molecular flexibility index (Phi) is 6.58. The molecule has 0 bridgehead atoms. The van der Waals surface area contributed by atoms with Gasteiger partial charge in [0.15, 0.2) is 11.4 Å². The fraction of sp³-hybridized carbons (Fsp3) is 0.485. The third-order valence-electron chi connectivity index (χ3n) is 10.4. The van der Waals surface area contributed by atoms with E-state index >= 15 is 0 Å². The van der Waals surface area contributed by atoms with Gasteiger partial charge >= 0.3 is 0 Å². The van der Waals surface area contributed by atoms with Crippen LogP contribution in [0.4, 0.5) is 0 Å². The number of likely N-dealkylation sites (tertiary alicyclic amines) is 1. The Hall–Kier alpha value is -3.93. The van der Waals surface area contributed by atoms with E-state index in [-0.39, 0.29) is 35.8 Å². The molecule has 2 aromatic rings. The van der Waals surface area contributed by atoms with Crippen molar-refractivity contribution in [1.29, 1.82) is 0 Å². The molecular weight excluding hydrogens is 566 g/mol. The first-order chi connectivity index (χ1) is 20.9. The lowest BCUT2D eigenvalue weighted by molar-refractivity contribution is -0.153. The zero-order chi connectivity index (χ0) is 31.2. The average Bonchev–Trinajstić information content (AvgIpc) is 2.91. The molecule has 4 aliphatic carbocycles. The second-order valence-corrected chi connectivity index (χ2v) is 13.2. The van der Waals surface area contributed by atoms with Crippen molar-refractivity contribution in [2.45, 2.75) is 62.8 Å². The number of Topliss-reactive ketones (excluding diaryl/α,β-unsaturated/α-hetero) is 2. The summed E-state index contributed by atoms with van der Waals surface area (Å²) < 4.78 is 6.53. The Morgan fingerprint density at radius 1 is 1.11 bits per heavy atom. The van der Waals surface area contributed by atoms with Gasteiger partial charge in [-0.3, -0.25) is 24.2 Å². The molecule has 6 N–H and O–H groups in total. The smallest absolute Gasteiger partial charge is 0.255 e. The Bertz CT molecular complexity index is 1700. The van der Waals surface area contributed by atoms with Crippen molar-refractivity contribution in [2.75, 3.05) is 27.2 Å². The van der Waals surface area contributed by atoms with Gasteiger partial charge in [0, 0.05) is 34.4 Å². The molecule has 7 rings (SSSR count). The molecule has 5 aliphatic rings. The van der Waals surface area contributed by atoms with Gasteiger partial charge < -0.3 is 30.9 Å². The molecule has 232 valence electrons. The Balaban J connectivity index is 1.42. The summed E-state index contributed by atoms with van der Waals surface area (Å²) in [6.07, 6.45) is 4.16. The molecule has 1 aliphatic heterocycles. The number of primary amides is 1. The molecule has 0 spiro atoms. The van der Waals surface area contributed by atoms with Crippen LogP contribution in [0.3, 0.4) is 0 Å². The first-order valence-corrected chi connectivity index (χ1v) is 15.3. The van der Waals surface area contributed by atoms with Crippen molar-refractivity contribution >= 4 is 34.0 Å². The number of aliphatic hydroxyl groups is 3. The molecule has 2 saturated carbocycles. The molecular formula is C33H37N3O8. The summed E-state index contributed by atoms with van der Waals surface area (Å²) in [5.74, 6) is -6.10. The Labute approximate surface area is 254 Å². The number of aliphatic hydroxyl groups excluding tert-OH is 2. The maximum Gasteiger partial charge on any atom is 0.255 e. The van der Waals surface area contributed by atoms with Crippen LogP contribution in [-0.2, 0) is 27.3 Å². The number of benzene rings is 2. The van der Waals surface area contributed by atoms with E-state index in [2.05, 4.69) is 4.90 Å². The zero-order valence-corrected chi connectivity index (χ0v) is 24.8. The highest BCUT2D eigenvalue weighted by atomic mass is 16.5. The molecule has 44 heavy (non-hydrogen) atoms. The highest BCUT2D eigenvalue weighted by Crippen LogP contribution is 2.55. The van der Waals surface area contributed by atoms with Crippen molar-refractivity contribution in [3.8, 4) is 11.5 Å². The van der Waals surface area contributed by atoms with Crippen molar-refractivity contribution in [3.05, 3.63) is 51.8 Å². The van der Waals surface area contributed by atoms with Crippen LogP contribution in [-0.4, -0.2) is 92.6 Å². The fourth-order valence-corrected chi connectivity index (χ4v) is 7.81. The number of aromatic hydroxyl groups is 1. The second kappa shape index (κ2) is 10.0. The maximum atomic E-state index is 14.2. The van der Waals surface area contributed by atoms with Crippen molar-refractivity contribution in [1.82, 2.24) is 9.80 Å². The van der Waals surface area contributed by atoms with E-state index in [9.17, 15) is 34.8 Å². The van der Waals surface area contributed by atoms with E-state index in [1.165, 1.54) is 4.90 Å². The molecule has 4 atom stereocenters. The molecule has 0 unspecified atom stereocenters. The van der Waals surface area contributed by atoms with E-state index in [1.807, 2.05) is 18.2 Å². The summed E-state index contributed by atoms with van der Waals surface area (Å²) in [6, 6.07) is 4.72. The number of fused-ring (bicyclic) bond motifs is 4. The summed E-state index contributed by atoms with van der Waals surface area (Å²) in [7, 11) is 3.16. The number of carbonyl (C=O) groups excluding carboxylic acids is 3. The van der Waals surface area contributed by atoms with Crippen LogP contribution in [0, 0.1) is 11.8 Å². The standard InChI is InChI=1S/C33H37N3O8/c1-35(2)25-21-13-16-12-20-23(27(38)22(16)30(40)33(21,43)31(41)24(28(25)39)32(34)42)26(37)19-11-15(14-36-9-4-10-36)7-8-18(19)29(20)44-17-5-3-6-17/h7-8,11,16-17,21,25,37-38,41,43H,3-6,9-10,12-14H2,1-2H3,(H2,34,42)/t16-,21-,25-,33-/m0/s1. The van der Waals surface area contributed by atoms with Crippen LogP contribution in [0.5, 0.6) is 11.5 Å². The number of phenols is 1. The molecule has 3 fully saturated rings. The molecule has 11 nitrogen and oxygen atoms in total. The minimum atomic E-state index is -2.67. The van der Waals surface area contributed by atoms with E-state index in [4.69, 9.17) is 10.5 Å². The lowest BCUT2D eigenvalue weighted by Gasteiger charge is -2.50. The number of ketones is 2. The zero-order valence-electron chi connectivity index (χ0n) is 24.8. The number of ether oxygens (including phenoxy) is 1. The van der Waals surface area contributed by atoms with Gasteiger partial charge in [0.25, 0.3) is 5.91 Å². The number of nitrogens with two attached hydrogens (primary N) is 1. The van der Waals surface area contributed by atoms with Crippen LogP contribution in [0.2, 0.25) is 0 Å². The SMILES string of the molecule is CN(C)[C@@H]1C(=O)C(C(N)=O)=C(O)[C@@]2(O)C(=O)C3=C(O)c4c(c(OC5CCC5)c5ccc(CN6CCC6)cc5c4O)C[C@H]3C[C@@H]12. The van der Waals surface area contributed by atoms with Crippen molar-refractivity contribution in [2.24, 2.45) is 17.6 Å². The largest absolute Gasteiger partial charge is 0.508 e. The first-order valence-electron chi connectivity index (χ1n) is 15.3. The van der Waals surface area contributed by atoms with Gasteiger partial charge in [0.05, 0.1) is 17.7 Å². The minimum Gasteiger partial charge on any atom is -0.508 e. The van der Waals surface area contributed by atoms with Crippen molar-refractivity contribution in [3.63, 3.8) is 0 Å². The predicted molar refractivity (Wildman–Crippen MR) is 160 cm³/mol. The first kappa shape index (κ1) is 28.8. The van der Waals surface area contributed by atoms with Gasteiger partial charge in [-0.2, -0.15) is 0 Å². The van der Waals surface area contributed by atoms with Crippen LogP contribution in [0.25, 0.3) is 16.5 Å². The number of amides is 1. The Morgan fingerprint density at radius 3 is 2.43 bits per heavy atom. The lowest BCUT2D eigenvalue weighted by Crippen LogP contribution is -2.65.